The van der Waals surface area contributed by atoms with E-state index in [1.807, 2.05) is 0 Å². The Labute approximate surface area is 251 Å². The van der Waals surface area contributed by atoms with Gasteiger partial charge in [0.1, 0.15) is 34.4 Å². The number of aromatic hydroxyl groups is 2. The summed E-state index contributed by atoms with van der Waals surface area (Å²) in [6, 6.07) is 11.2. The van der Waals surface area contributed by atoms with Gasteiger partial charge in [-0.25, -0.2) is 17.9 Å². The number of phenolic OH excluding ortho intramolecular Hbond substituents is 2. The van der Waals surface area contributed by atoms with E-state index in [1.54, 1.807) is 0 Å². The molecule has 2 aliphatic carbocycles. The van der Waals surface area contributed by atoms with E-state index in [2.05, 4.69) is 4.72 Å². The second kappa shape index (κ2) is 11.9. The van der Waals surface area contributed by atoms with Crippen LogP contribution in [0.4, 0.5) is 10.5 Å². The Balaban J connectivity index is 1.37. The highest BCUT2D eigenvalue weighted by Crippen LogP contribution is 2.45. The number of anilines is 1. The number of carbonyl (C=O) groups is 2. The van der Waals surface area contributed by atoms with E-state index in [1.165, 1.54) is 48.5 Å². The quantitative estimate of drug-likeness (QED) is 0.229. The predicted octanol–water partition coefficient (Wildman–Crippen LogP) is 5.75. The number of phenols is 2. The van der Waals surface area contributed by atoms with Crippen molar-refractivity contribution < 1.29 is 42.8 Å². The molecule has 42 heavy (non-hydrogen) atoms. The summed E-state index contributed by atoms with van der Waals surface area (Å²) in [4.78, 5) is 24.8. The van der Waals surface area contributed by atoms with Gasteiger partial charge in [0.15, 0.2) is 5.75 Å². The second-order valence-electron chi connectivity index (χ2n) is 10.2. The average molecular weight is 637 g/mol. The van der Waals surface area contributed by atoms with Crippen LogP contribution in [0.3, 0.4) is 0 Å². The van der Waals surface area contributed by atoms with Crippen LogP contribution in [0.1, 0.15) is 25.7 Å². The maximum Gasteiger partial charge on any atom is 0.420 e. The zero-order valence-electron chi connectivity index (χ0n) is 21.9. The van der Waals surface area contributed by atoms with Gasteiger partial charge in [0.05, 0.1) is 15.7 Å². The number of hydrogen-bond acceptors (Lipinski definition) is 8. The fourth-order valence-electron chi connectivity index (χ4n) is 5.41. The Morgan fingerprint density at radius 1 is 0.952 bits per heavy atom. The van der Waals surface area contributed by atoms with Gasteiger partial charge in [-0.3, -0.25) is 9.69 Å². The third kappa shape index (κ3) is 6.51. The second-order valence-corrected chi connectivity index (χ2v) is 12.7. The zero-order chi connectivity index (χ0) is 30.2. The molecule has 1 amide bonds. The number of halogens is 2. The summed E-state index contributed by atoms with van der Waals surface area (Å²) < 4.78 is 40.0. The molecule has 0 radical (unpaired) electrons. The molecule has 0 saturated heterocycles. The van der Waals surface area contributed by atoms with Gasteiger partial charge >= 0.3 is 12.1 Å². The minimum atomic E-state index is -4.07. The minimum Gasteiger partial charge on any atom is -0.508 e. The third-order valence-electron chi connectivity index (χ3n) is 7.34. The lowest BCUT2D eigenvalue weighted by molar-refractivity contribution is -0.135. The molecule has 3 unspecified atom stereocenters. The molecule has 0 aromatic heterocycles. The normalized spacial score (nSPS) is 19.4. The SMILES string of the molecule is O=C(O)CN(C(=O)Oc1ccc(O)cc1)c1cc(Cl)c(Oc2ccc(O)c(S(=O)(=O)NC3CC4CCC3C4)c2)c(Cl)c1. The van der Waals surface area contributed by atoms with E-state index < -0.39 is 34.4 Å². The lowest BCUT2D eigenvalue weighted by Gasteiger charge is -2.23. The number of amides is 1. The molecular weight excluding hydrogens is 611 g/mol. The van der Waals surface area contributed by atoms with Crippen molar-refractivity contribution in [2.24, 2.45) is 11.8 Å². The Morgan fingerprint density at radius 2 is 1.62 bits per heavy atom. The molecule has 0 spiro atoms. The number of aliphatic carboxylic acids is 1. The van der Waals surface area contributed by atoms with E-state index in [0.717, 1.165) is 36.6 Å². The molecular formula is C28H26Cl2N2O9S. The number of benzene rings is 3. The standard InChI is InChI=1S/C28H26Cl2N2O9S/c29-21-11-17(32(14-26(35)36)28(37)41-19-5-3-18(33)4-6-19)12-22(30)27(21)40-20-7-8-24(34)25(13-20)42(38,39)31-23-10-15-1-2-16(23)9-15/h3-8,11-13,15-16,23,31,33-34H,1-2,9-10,14H2,(H,35,36). The fourth-order valence-corrected chi connectivity index (χ4v) is 7.39. The number of rotatable bonds is 9. The summed E-state index contributed by atoms with van der Waals surface area (Å²) in [6.07, 6.45) is 2.78. The number of ether oxygens (including phenoxy) is 2. The van der Waals surface area contributed by atoms with Crippen LogP contribution in [-0.2, 0) is 14.8 Å². The molecule has 3 atom stereocenters. The molecule has 5 rings (SSSR count). The smallest absolute Gasteiger partial charge is 0.420 e. The molecule has 14 heteroatoms. The maximum atomic E-state index is 13.2. The molecule has 0 aliphatic heterocycles. The summed E-state index contributed by atoms with van der Waals surface area (Å²) in [5, 5.41) is 28.9. The summed E-state index contributed by atoms with van der Waals surface area (Å²) in [5.74, 6) is -1.10. The first kappa shape index (κ1) is 29.8. The van der Waals surface area contributed by atoms with Crippen LogP contribution in [0.2, 0.25) is 10.0 Å². The highest BCUT2D eigenvalue weighted by molar-refractivity contribution is 7.89. The molecule has 2 aliphatic rings. The maximum absolute atomic E-state index is 13.2. The van der Waals surface area contributed by atoms with E-state index in [-0.39, 0.29) is 55.6 Å². The van der Waals surface area contributed by atoms with Crippen molar-refractivity contribution in [1.82, 2.24) is 4.72 Å². The zero-order valence-corrected chi connectivity index (χ0v) is 24.2. The van der Waals surface area contributed by atoms with Crippen molar-refractivity contribution in [2.45, 2.75) is 36.6 Å². The molecule has 4 N–H and O–H groups in total. The number of carbonyl (C=O) groups excluding carboxylic acids is 1. The van der Waals surface area contributed by atoms with E-state index in [9.17, 15) is 33.3 Å². The summed E-state index contributed by atoms with van der Waals surface area (Å²) in [5.41, 5.74) is -0.0208. The first-order valence-corrected chi connectivity index (χ1v) is 15.2. The van der Waals surface area contributed by atoms with Gasteiger partial charge < -0.3 is 24.8 Å². The molecule has 222 valence electrons. The van der Waals surface area contributed by atoms with E-state index in [0.29, 0.717) is 5.92 Å². The van der Waals surface area contributed by atoms with Crippen molar-refractivity contribution in [3.63, 3.8) is 0 Å². The van der Waals surface area contributed by atoms with Gasteiger partial charge in [0.25, 0.3) is 0 Å². The van der Waals surface area contributed by atoms with Gasteiger partial charge in [0.2, 0.25) is 10.0 Å². The van der Waals surface area contributed by atoms with Crippen molar-refractivity contribution in [1.29, 1.82) is 0 Å². The van der Waals surface area contributed by atoms with Crippen LogP contribution in [0.25, 0.3) is 0 Å². The molecule has 3 aromatic carbocycles. The van der Waals surface area contributed by atoms with Crippen LogP contribution in [0.5, 0.6) is 28.7 Å². The monoisotopic (exact) mass is 636 g/mol. The Kier molecular flexibility index (Phi) is 8.42. The summed E-state index contributed by atoms with van der Waals surface area (Å²) in [7, 11) is -4.07. The van der Waals surface area contributed by atoms with Crippen molar-refractivity contribution in [3.8, 4) is 28.7 Å². The largest absolute Gasteiger partial charge is 0.508 e. The number of sulfonamides is 1. The van der Waals surface area contributed by atoms with Crippen LogP contribution in [-0.4, -0.2) is 48.4 Å². The minimum absolute atomic E-state index is 0.00630. The Hall–Kier alpha value is -3.71. The highest BCUT2D eigenvalue weighted by atomic mass is 35.5. The van der Waals surface area contributed by atoms with Crippen LogP contribution in [0.15, 0.2) is 59.5 Å². The van der Waals surface area contributed by atoms with Crippen molar-refractivity contribution >= 4 is 51.0 Å². The average Bonchev–Trinajstić information content (AvgIpc) is 3.54. The van der Waals surface area contributed by atoms with Crippen LogP contribution in [0, 0.1) is 11.8 Å². The number of carboxylic acid groups (broad SMARTS) is 1. The van der Waals surface area contributed by atoms with Gasteiger partial charge in [-0.05, 0) is 79.6 Å². The number of nitrogens with one attached hydrogen (secondary N) is 1. The fraction of sp³-hybridized carbons (Fsp3) is 0.286. The molecule has 2 fully saturated rings. The number of carboxylic acids is 1. The number of fused-ring (bicyclic) bond motifs is 2. The molecule has 3 aromatic rings. The van der Waals surface area contributed by atoms with Gasteiger partial charge in [-0.2, -0.15) is 0 Å². The van der Waals surface area contributed by atoms with Crippen LogP contribution >= 0.6 is 23.2 Å². The van der Waals surface area contributed by atoms with Gasteiger partial charge in [0, 0.05) is 12.1 Å². The van der Waals surface area contributed by atoms with Crippen molar-refractivity contribution in [3.05, 3.63) is 64.6 Å². The first-order chi connectivity index (χ1) is 19.9. The first-order valence-electron chi connectivity index (χ1n) is 12.9. The lowest BCUT2D eigenvalue weighted by Crippen LogP contribution is -2.38. The van der Waals surface area contributed by atoms with E-state index >= 15 is 0 Å². The topological polar surface area (TPSA) is 163 Å². The lowest BCUT2D eigenvalue weighted by atomic mass is 9.96. The van der Waals surface area contributed by atoms with Gasteiger partial charge in [-0.15, -0.1) is 0 Å². The molecule has 2 bridgehead atoms. The molecule has 0 heterocycles. The van der Waals surface area contributed by atoms with Crippen molar-refractivity contribution in [2.75, 3.05) is 11.4 Å². The number of nitrogens with zero attached hydrogens (tertiary/aromatic N) is 1. The van der Waals surface area contributed by atoms with Gasteiger partial charge in [-0.1, -0.05) is 29.6 Å². The molecule has 11 nitrogen and oxygen atoms in total. The Morgan fingerprint density at radius 3 is 2.21 bits per heavy atom. The Bertz CT molecular complexity index is 1610. The summed E-state index contributed by atoms with van der Waals surface area (Å²) >= 11 is 12.8. The summed E-state index contributed by atoms with van der Waals surface area (Å²) in [6.45, 7) is -0.793. The molecule has 2 saturated carbocycles. The van der Waals surface area contributed by atoms with E-state index in [4.69, 9.17) is 32.7 Å². The predicted molar refractivity (Wildman–Crippen MR) is 153 cm³/mol. The third-order valence-corrected chi connectivity index (χ3v) is 9.42. The number of hydrogen-bond donors (Lipinski definition) is 4. The highest BCUT2D eigenvalue weighted by Gasteiger charge is 2.41. The van der Waals surface area contributed by atoms with Crippen LogP contribution < -0.4 is 19.1 Å².